The minimum absolute atomic E-state index is 0.0877. The smallest absolute Gasteiger partial charge is 0.216 e. The van der Waals surface area contributed by atoms with Gasteiger partial charge in [-0.1, -0.05) is 0 Å². The van der Waals surface area contributed by atoms with E-state index < -0.39 is 0 Å². The summed E-state index contributed by atoms with van der Waals surface area (Å²) < 4.78 is 13.0. The number of nitrogens with zero attached hydrogens (tertiary/aromatic N) is 1. The quantitative estimate of drug-likeness (QED) is 0.746. The van der Waals surface area contributed by atoms with Crippen LogP contribution in [0.4, 0.5) is 4.39 Å². The largest absolute Gasteiger partial charge is 0.355 e. The number of halogens is 1. The SMILES string of the molecule is CC(=O)NCCNCc1cc(F)ccc1C#N. The highest BCUT2D eigenvalue weighted by Gasteiger charge is 2.03. The van der Waals surface area contributed by atoms with E-state index in [-0.39, 0.29) is 11.7 Å². The maximum absolute atomic E-state index is 13.0. The van der Waals surface area contributed by atoms with Gasteiger partial charge in [-0.3, -0.25) is 4.79 Å². The van der Waals surface area contributed by atoms with Crippen LogP contribution in [-0.2, 0) is 11.3 Å². The Morgan fingerprint density at radius 3 is 2.88 bits per heavy atom. The maximum atomic E-state index is 13.0. The summed E-state index contributed by atoms with van der Waals surface area (Å²) in [6, 6.07) is 6.06. The summed E-state index contributed by atoms with van der Waals surface area (Å²) in [5.74, 6) is -0.446. The van der Waals surface area contributed by atoms with Crippen molar-refractivity contribution in [2.45, 2.75) is 13.5 Å². The number of carbonyl (C=O) groups excluding carboxylic acids is 1. The maximum Gasteiger partial charge on any atom is 0.216 e. The lowest BCUT2D eigenvalue weighted by Crippen LogP contribution is -2.30. The fourth-order valence-electron chi connectivity index (χ4n) is 1.37. The highest BCUT2D eigenvalue weighted by atomic mass is 19.1. The number of rotatable bonds is 5. The van der Waals surface area contributed by atoms with E-state index in [1.165, 1.54) is 25.1 Å². The molecular weight excluding hydrogens is 221 g/mol. The average Bonchev–Trinajstić information content (AvgIpc) is 2.28. The Labute approximate surface area is 99.4 Å². The molecule has 0 heterocycles. The molecule has 0 aliphatic heterocycles. The van der Waals surface area contributed by atoms with E-state index in [1.54, 1.807) is 0 Å². The third-order valence-electron chi connectivity index (χ3n) is 2.18. The number of nitrogens with one attached hydrogen (secondary N) is 2. The fourth-order valence-corrected chi connectivity index (χ4v) is 1.37. The highest BCUT2D eigenvalue weighted by molar-refractivity contribution is 5.72. The van der Waals surface area contributed by atoms with E-state index in [2.05, 4.69) is 10.6 Å². The molecule has 1 amide bonds. The van der Waals surface area contributed by atoms with Crippen LogP contribution < -0.4 is 10.6 Å². The summed E-state index contributed by atoms with van der Waals surface area (Å²) in [6.45, 7) is 2.92. The van der Waals surface area contributed by atoms with Gasteiger partial charge in [0.25, 0.3) is 0 Å². The van der Waals surface area contributed by atoms with Crippen LogP contribution in [0.2, 0.25) is 0 Å². The van der Waals surface area contributed by atoms with Gasteiger partial charge < -0.3 is 10.6 Å². The number of benzene rings is 1. The Kier molecular flexibility index (Phi) is 5.11. The summed E-state index contributed by atoms with van der Waals surface area (Å²) >= 11 is 0. The van der Waals surface area contributed by atoms with Crippen molar-refractivity contribution in [2.24, 2.45) is 0 Å². The lowest BCUT2D eigenvalue weighted by molar-refractivity contribution is -0.118. The zero-order valence-corrected chi connectivity index (χ0v) is 9.59. The monoisotopic (exact) mass is 235 g/mol. The lowest BCUT2D eigenvalue weighted by atomic mass is 10.1. The van der Waals surface area contributed by atoms with Crippen LogP contribution in [0.15, 0.2) is 18.2 Å². The Balaban J connectivity index is 2.43. The first kappa shape index (κ1) is 13.1. The first-order valence-electron chi connectivity index (χ1n) is 5.27. The Morgan fingerprint density at radius 2 is 2.24 bits per heavy atom. The molecule has 90 valence electrons. The minimum Gasteiger partial charge on any atom is -0.355 e. The van der Waals surface area contributed by atoms with Crippen LogP contribution in [-0.4, -0.2) is 19.0 Å². The summed E-state index contributed by atoms with van der Waals surface area (Å²) in [5.41, 5.74) is 1.08. The van der Waals surface area contributed by atoms with Crippen molar-refractivity contribution < 1.29 is 9.18 Å². The van der Waals surface area contributed by atoms with Crippen LogP contribution in [0, 0.1) is 17.1 Å². The number of carbonyl (C=O) groups is 1. The van der Waals surface area contributed by atoms with Gasteiger partial charge in [0.15, 0.2) is 0 Å². The van der Waals surface area contributed by atoms with Crippen LogP contribution in [0.3, 0.4) is 0 Å². The van der Waals surface area contributed by atoms with E-state index in [4.69, 9.17) is 5.26 Å². The van der Waals surface area contributed by atoms with Gasteiger partial charge in [0, 0.05) is 26.6 Å². The molecule has 0 aliphatic rings. The fraction of sp³-hybridized carbons (Fsp3) is 0.333. The molecule has 0 bridgehead atoms. The van der Waals surface area contributed by atoms with E-state index in [9.17, 15) is 9.18 Å². The normalized spacial score (nSPS) is 9.71. The molecule has 2 N–H and O–H groups in total. The van der Waals surface area contributed by atoms with Crippen molar-refractivity contribution in [1.82, 2.24) is 10.6 Å². The molecule has 0 atom stereocenters. The first-order chi connectivity index (χ1) is 8.13. The van der Waals surface area contributed by atoms with Crippen molar-refractivity contribution >= 4 is 5.91 Å². The molecule has 0 aliphatic carbocycles. The number of amides is 1. The van der Waals surface area contributed by atoms with Crippen LogP contribution in [0.25, 0.3) is 0 Å². The summed E-state index contributed by atoms with van der Waals surface area (Å²) in [4.78, 5) is 10.6. The molecule has 1 rings (SSSR count). The van der Waals surface area contributed by atoms with Gasteiger partial charge in [-0.05, 0) is 23.8 Å². The Bertz CT molecular complexity index is 440. The van der Waals surface area contributed by atoms with Crippen LogP contribution in [0.1, 0.15) is 18.1 Å². The number of hydrogen-bond acceptors (Lipinski definition) is 3. The molecule has 1 aromatic carbocycles. The lowest BCUT2D eigenvalue weighted by Gasteiger charge is -2.07. The van der Waals surface area contributed by atoms with E-state index >= 15 is 0 Å². The van der Waals surface area contributed by atoms with Gasteiger partial charge in [0.05, 0.1) is 11.6 Å². The van der Waals surface area contributed by atoms with Crippen LogP contribution in [0.5, 0.6) is 0 Å². The number of nitriles is 1. The van der Waals surface area contributed by atoms with Crippen molar-refractivity contribution in [1.29, 1.82) is 5.26 Å². The molecule has 17 heavy (non-hydrogen) atoms. The second-order valence-corrected chi connectivity index (χ2v) is 3.57. The molecular formula is C12H14FN3O. The third-order valence-corrected chi connectivity index (χ3v) is 2.18. The van der Waals surface area contributed by atoms with E-state index in [1.807, 2.05) is 6.07 Å². The van der Waals surface area contributed by atoms with Gasteiger partial charge in [0.2, 0.25) is 5.91 Å². The molecule has 5 heteroatoms. The zero-order chi connectivity index (χ0) is 12.7. The van der Waals surface area contributed by atoms with Crippen molar-refractivity contribution in [3.63, 3.8) is 0 Å². The van der Waals surface area contributed by atoms with Gasteiger partial charge in [-0.15, -0.1) is 0 Å². The van der Waals surface area contributed by atoms with E-state index in [0.29, 0.717) is 30.8 Å². The standard InChI is InChI=1S/C12H14FN3O/c1-9(17)16-5-4-15-8-11-6-12(13)3-2-10(11)7-14/h2-3,6,15H,4-5,8H2,1H3,(H,16,17). The van der Waals surface area contributed by atoms with Gasteiger partial charge in [-0.2, -0.15) is 5.26 Å². The Morgan fingerprint density at radius 1 is 1.47 bits per heavy atom. The molecule has 0 saturated heterocycles. The van der Waals surface area contributed by atoms with Crippen molar-refractivity contribution in [2.75, 3.05) is 13.1 Å². The Hall–Kier alpha value is -1.93. The predicted molar refractivity (Wildman–Crippen MR) is 61.5 cm³/mol. The minimum atomic E-state index is -0.359. The van der Waals surface area contributed by atoms with Gasteiger partial charge >= 0.3 is 0 Å². The summed E-state index contributed by atoms with van der Waals surface area (Å²) in [6.07, 6.45) is 0. The zero-order valence-electron chi connectivity index (χ0n) is 9.59. The first-order valence-corrected chi connectivity index (χ1v) is 5.27. The topological polar surface area (TPSA) is 64.9 Å². The molecule has 4 nitrogen and oxygen atoms in total. The van der Waals surface area contributed by atoms with Gasteiger partial charge in [0.1, 0.15) is 5.82 Å². The molecule has 0 radical (unpaired) electrons. The van der Waals surface area contributed by atoms with Crippen molar-refractivity contribution in [3.8, 4) is 6.07 Å². The highest BCUT2D eigenvalue weighted by Crippen LogP contribution is 2.09. The molecule has 0 saturated carbocycles. The van der Waals surface area contributed by atoms with E-state index in [0.717, 1.165) is 0 Å². The molecule has 0 aromatic heterocycles. The molecule has 0 fully saturated rings. The second kappa shape index (κ2) is 6.61. The summed E-state index contributed by atoms with van der Waals surface area (Å²) in [5, 5.41) is 14.5. The molecule has 0 spiro atoms. The number of hydrogen-bond donors (Lipinski definition) is 2. The van der Waals surface area contributed by atoms with Gasteiger partial charge in [-0.25, -0.2) is 4.39 Å². The molecule has 0 unspecified atom stereocenters. The molecule has 1 aromatic rings. The summed E-state index contributed by atoms with van der Waals surface area (Å²) in [7, 11) is 0. The average molecular weight is 235 g/mol. The van der Waals surface area contributed by atoms with Crippen molar-refractivity contribution in [3.05, 3.63) is 35.1 Å². The second-order valence-electron chi connectivity index (χ2n) is 3.57. The predicted octanol–water partition coefficient (Wildman–Crippen LogP) is 0.923. The third kappa shape index (κ3) is 4.62. The van der Waals surface area contributed by atoms with Crippen LogP contribution >= 0.6 is 0 Å².